The fraction of sp³-hybridized carbons (Fsp3) is 0.188. The molecule has 7 heteroatoms. The Labute approximate surface area is 132 Å². The van der Waals surface area contributed by atoms with Crippen LogP contribution in [0.4, 0.5) is 11.6 Å². The van der Waals surface area contributed by atoms with Crippen molar-refractivity contribution in [1.82, 2.24) is 25.4 Å². The van der Waals surface area contributed by atoms with Crippen LogP contribution >= 0.6 is 0 Å². The van der Waals surface area contributed by atoms with Crippen molar-refractivity contribution in [3.63, 3.8) is 0 Å². The maximum atomic E-state index is 5.24. The second-order valence-corrected chi connectivity index (χ2v) is 5.33. The lowest BCUT2D eigenvalue weighted by molar-refractivity contribution is 0.277. The van der Waals surface area contributed by atoms with Crippen LogP contribution < -0.4 is 5.32 Å². The van der Waals surface area contributed by atoms with Gasteiger partial charge in [0.1, 0.15) is 0 Å². The molecular weight excluding hydrogens is 292 g/mol. The Morgan fingerprint density at radius 1 is 1.17 bits per heavy atom. The molecule has 0 aliphatic heterocycles. The van der Waals surface area contributed by atoms with E-state index >= 15 is 0 Å². The third-order valence-electron chi connectivity index (χ3n) is 3.86. The lowest BCUT2D eigenvalue weighted by atomic mass is 10.0. The molecular formula is C16H16N6O. The number of nitrogens with one attached hydrogen (secondary N) is 3. The number of aromatic nitrogens is 5. The average Bonchev–Trinajstić information content (AvgIpc) is 3.24. The van der Waals surface area contributed by atoms with Crippen LogP contribution in [-0.4, -0.2) is 32.5 Å². The number of hydrogen-bond donors (Lipinski definition) is 3. The van der Waals surface area contributed by atoms with Gasteiger partial charge in [-0.25, -0.2) is 0 Å². The third kappa shape index (κ3) is 2.68. The van der Waals surface area contributed by atoms with Crippen LogP contribution in [0, 0.1) is 0 Å². The van der Waals surface area contributed by atoms with Gasteiger partial charge in [0.2, 0.25) is 5.95 Å². The minimum atomic E-state index is 0.547. The van der Waals surface area contributed by atoms with Gasteiger partial charge in [0.05, 0.1) is 24.6 Å². The molecule has 0 bridgehead atoms. The third-order valence-corrected chi connectivity index (χ3v) is 3.86. The van der Waals surface area contributed by atoms with Crippen molar-refractivity contribution in [2.75, 3.05) is 12.4 Å². The molecule has 2 heterocycles. The SMILES string of the molecule is COC1=CC=C(c2nc(Nc3ccc4[nH]ncc4c3)n[nH]2)CC1. The number of ether oxygens (including phenoxy) is 1. The first-order valence-corrected chi connectivity index (χ1v) is 7.38. The normalized spacial score (nSPS) is 14.5. The first-order chi connectivity index (χ1) is 11.3. The lowest BCUT2D eigenvalue weighted by Gasteiger charge is -2.11. The number of rotatable bonds is 4. The molecule has 0 saturated carbocycles. The average molecular weight is 308 g/mol. The van der Waals surface area contributed by atoms with Crippen LogP contribution in [0.1, 0.15) is 18.7 Å². The second kappa shape index (κ2) is 5.60. The fourth-order valence-corrected chi connectivity index (χ4v) is 2.60. The highest BCUT2D eigenvalue weighted by Gasteiger charge is 2.12. The van der Waals surface area contributed by atoms with Gasteiger partial charge in [-0.1, -0.05) is 6.08 Å². The summed E-state index contributed by atoms with van der Waals surface area (Å²) in [6, 6.07) is 5.94. The quantitative estimate of drug-likeness (QED) is 0.688. The van der Waals surface area contributed by atoms with E-state index < -0.39 is 0 Å². The van der Waals surface area contributed by atoms with Crippen molar-refractivity contribution in [2.45, 2.75) is 12.8 Å². The van der Waals surface area contributed by atoms with Crippen LogP contribution in [0.2, 0.25) is 0 Å². The molecule has 3 aromatic rings. The predicted octanol–water partition coefficient (Wildman–Crippen LogP) is 3.13. The van der Waals surface area contributed by atoms with E-state index in [0.29, 0.717) is 5.95 Å². The fourth-order valence-electron chi connectivity index (χ4n) is 2.60. The van der Waals surface area contributed by atoms with Gasteiger partial charge in [0.15, 0.2) is 5.82 Å². The van der Waals surface area contributed by atoms with Gasteiger partial charge in [0, 0.05) is 17.5 Å². The highest BCUT2D eigenvalue weighted by molar-refractivity contribution is 5.82. The number of benzene rings is 1. The van der Waals surface area contributed by atoms with Gasteiger partial charge < -0.3 is 10.1 Å². The van der Waals surface area contributed by atoms with Crippen molar-refractivity contribution >= 4 is 28.1 Å². The van der Waals surface area contributed by atoms with Crippen LogP contribution in [0.3, 0.4) is 0 Å². The summed E-state index contributed by atoms with van der Waals surface area (Å²) in [4.78, 5) is 4.51. The number of nitrogens with zero attached hydrogens (tertiary/aromatic N) is 3. The molecule has 3 N–H and O–H groups in total. The molecule has 4 rings (SSSR count). The Hall–Kier alpha value is -3.09. The molecule has 0 fully saturated rings. The minimum absolute atomic E-state index is 0.547. The molecule has 7 nitrogen and oxygen atoms in total. The van der Waals surface area contributed by atoms with Gasteiger partial charge in [-0.05, 0) is 36.3 Å². The van der Waals surface area contributed by atoms with Gasteiger partial charge in [0.25, 0.3) is 0 Å². The van der Waals surface area contributed by atoms with E-state index in [-0.39, 0.29) is 0 Å². The van der Waals surface area contributed by atoms with E-state index in [1.165, 1.54) is 0 Å². The first kappa shape index (κ1) is 13.6. The van der Waals surface area contributed by atoms with E-state index in [0.717, 1.165) is 46.6 Å². The van der Waals surface area contributed by atoms with Crippen molar-refractivity contribution in [3.05, 3.63) is 48.1 Å². The highest BCUT2D eigenvalue weighted by atomic mass is 16.5. The maximum Gasteiger partial charge on any atom is 0.246 e. The Kier molecular flexibility index (Phi) is 3.30. The number of hydrogen-bond acceptors (Lipinski definition) is 5. The molecule has 0 unspecified atom stereocenters. The summed E-state index contributed by atoms with van der Waals surface area (Å²) in [5, 5.41) is 18.4. The summed E-state index contributed by atoms with van der Waals surface area (Å²) >= 11 is 0. The van der Waals surface area contributed by atoms with Crippen molar-refractivity contribution in [2.24, 2.45) is 0 Å². The Balaban J connectivity index is 1.54. The Bertz CT molecular complexity index is 904. The summed E-state index contributed by atoms with van der Waals surface area (Å²) in [6.45, 7) is 0. The van der Waals surface area contributed by atoms with E-state index in [9.17, 15) is 0 Å². The second-order valence-electron chi connectivity index (χ2n) is 5.33. The lowest BCUT2D eigenvalue weighted by Crippen LogP contribution is -1.97. The maximum absolute atomic E-state index is 5.24. The number of H-pyrrole nitrogens is 2. The van der Waals surface area contributed by atoms with Gasteiger partial charge in [-0.3, -0.25) is 10.2 Å². The molecule has 2 aromatic heterocycles. The molecule has 1 aliphatic carbocycles. The smallest absolute Gasteiger partial charge is 0.246 e. The predicted molar refractivity (Wildman–Crippen MR) is 88.1 cm³/mol. The summed E-state index contributed by atoms with van der Waals surface area (Å²) in [7, 11) is 1.69. The molecule has 0 saturated heterocycles. The first-order valence-electron chi connectivity index (χ1n) is 7.38. The molecule has 1 aromatic carbocycles. The summed E-state index contributed by atoms with van der Waals surface area (Å²) < 4.78 is 5.24. The van der Waals surface area contributed by atoms with Gasteiger partial charge in [-0.15, -0.1) is 5.10 Å². The van der Waals surface area contributed by atoms with E-state index in [2.05, 4.69) is 30.7 Å². The number of allylic oxidation sites excluding steroid dienone is 4. The highest BCUT2D eigenvalue weighted by Crippen LogP contribution is 2.26. The van der Waals surface area contributed by atoms with Crippen LogP contribution in [0.25, 0.3) is 16.5 Å². The largest absolute Gasteiger partial charge is 0.501 e. The topological polar surface area (TPSA) is 91.5 Å². The summed E-state index contributed by atoms with van der Waals surface area (Å²) in [6.07, 6.45) is 7.54. The molecule has 0 atom stereocenters. The summed E-state index contributed by atoms with van der Waals surface area (Å²) in [5.41, 5.74) is 3.04. The van der Waals surface area contributed by atoms with Crippen molar-refractivity contribution in [3.8, 4) is 0 Å². The molecule has 1 aliphatic rings. The summed E-state index contributed by atoms with van der Waals surface area (Å²) in [5.74, 6) is 2.31. The van der Waals surface area contributed by atoms with Crippen LogP contribution in [0.15, 0.2) is 42.3 Å². The van der Waals surface area contributed by atoms with Crippen LogP contribution in [-0.2, 0) is 4.74 Å². The van der Waals surface area contributed by atoms with Crippen molar-refractivity contribution in [1.29, 1.82) is 0 Å². The van der Waals surface area contributed by atoms with E-state index in [1.54, 1.807) is 13.3 Å². The number of aromatic amines is 2. The number of methoxy groups -OCH3 is 1. The van der Waals surface area contributed by atoms with Crippen LogP contribution in [0.5, 0.6) is 0 Å². The van der Waals surface area contributed by atoms with Gasteiger partial charge in [-0.2, -0.15) is 10.1 Å². The molecule has 0 radical (unpaired) electrons. The minimum Gasteiger partial charge on any atom is -0.501 e. The standard InChI is InChI=1S/C16H16N6O/c1-23-13-5-2-10(3-6-13)15-19-16(22-21-15)18-12-4-7-14-11(8-12)9-17-20-14/h2,4-5,7-9H,3,6H2,1H3,(H,17,20)(H2,18,19,21,22). The van der Waals surface area contributed by atoms with E-state index in [4.69, 9.17) is 4.74 Å². The number of anilines is 2. The molecule has 0 spiro atoms. The zero-order valence-electron chi connectivity index (χ0n) is 12.6. The monoisotopic (exact) mass is 308 g/mol. The molecule has 0 amide bonds. The van der Waals surface area contributed by atoms with Crippen molar-refractivity contribution < 1.29 is 4.74 Å². The number of fused-ring (bicyclic) bond motifs is 1. The molecule has 116 valence electrons. The van der Waals surface area contributed by atoms with Gasteiger partial charge >= 0.3 is 0 Å². The Morgan fingerprint density at radius 2 is 2.13 bits per heavy atom. The molecule has 23 heavy (non-hydrogen) atoms. The Morgan fingerprint density at radius 3 is 2.96 bits per heavy atom. The zero-order chi connectivity index (χ0) is 15.6. The zero-order valence-corrected chi connectivity index (χ0v) is 12.6. The van der Waals surface area contributed by atoms with E-state index in [1.807, 2.05) is 30.4 Å².